The molecule has 0 radical (unpaired) electrons. The lowest BCUT2D eigenvalue weighted by Gasteiger charge is -2.28. The monoisotopic (exact) mass is 872 g/mol. The number of phosphoric acid groups is 1. The van der Waals surface area contributed by atoms with E-state index in [1.54, 1.807) is 0 Å². The molecule has 346 valence electrons. The van der Waals surface area contributed by atoms with Crippen LogP contribution in [0.3, 0.4) is 0 Å². The molecule has 61 heavy (non-hydrogen) atoms. The molecule has 0 spiro atoms. The summed E-state index contributed by atoms with van der Waals surface area (Å²) in [5.74, 6) is -1.02. The minimum Gasteiger partial charge on any atom is -0.756 e. The van der Waals surface area contributed by atoms with Crippen LogP contribution in [0.2, 0.25) is 0 Å². The van der Waals surface area contributed by atoms with E-state index < -0.39 is 32.5 Å². The van der Waals surface area contributed by atoms with Crippen molar-refractivity contribution in [1.29, 1.82) is 0 Å². The Bertz CT molecular complexity index is 1400. The first-order valence-corrected chi connectivity index (χ1v) is 24.2. The minimum absolute atomic E-state index is 0.0635. The largest absolute Gasteiger partial charge is 0.756 e. The van der Waals surface area contributed by atoms with Crippen LogP contribution in [0.25, 0.3) is 0 Å². The van der Waals surface area contributed by atoms with Crippen molar-refractivity contribution in [3.05, 3.63) is 109 Å². The van der Waals surface area contributed by atoms with Crippen molar-refractivity contribution in [2.45, 2.75) is 141 Å². The molecule has 0 bridgehead atoms. The zero-order valence-electron chi connectivity index (χ0n) is 38.3. The lowest BCUT2D eigenvalue weighted by atomic mass is 10.2. The summed E-state index contributed by atoms with van der Waals surface area (Å²) in [6.45, 7) is 2.02. The molecule has 0 saturated heterocycles. The van der Waals surface area contributed by atoms with E-state index in [0.717, 1.165) is 70.6 Å². The Labute approximate surface area is 370 Å². The van der Waals surface area contributed by atoms with Gasteiger partial charge in [-0.25, -0.2) is 0 Å². The van der Waals surface area contributed by atoms with Gasteiger partial charge >= 0.3 is 11.9 Å². The van der Waals surface area contributed by atoms with Crippen molar-refractivity contribution in [2.24, 2.45) is 0 Å². The first-order chi connectivity index (χ1) is 29.5. The van der Waals surface area contributed by atoms with Crippen LogP contribution in [-0.2, 0) is 32.7 Å². The summed E-state index contributed by atoms with van der Waals surface area (Å²) in [6, 6.07) is 0. The SMILES string of the molecule is CCCCC/C=C\C/C=C\C/C=C\C/C=C\C/C=C\CCC(=O)OC[C@H](COP(=O)([O-])OCC[N+](C)(C)C)OC(=O)CCC/C=C\C/C=C\C/C=C\C/C=C\CCCCCO. The van der Waals surface area contributed by atoms with Gasteiger partial charge in [-0.15, -0.1) is 0 Å². The number of carbonyl (C=O) groups excluding carboxylic acids is 2. The van der Waals surface area contributed by atoms with E-state index in [0.29, 0.717) is 30.3 Å². The van der Waals surface area contributed by atoms with E-state index in [1.807, 2.05) is 45.4 Å². The maximum Gasteiger partial charge on any atom is 0.306 e. The molecular weight excluding hydrogens is 790 g/mol. The van der Waals surface area contributed by atoms with E-state index in [2.05, 4.69) is 92.0 Å². The second-order valence-electron chi connectivity index (χ2n) is 15.8. The Morgan fingerprint density at radius 3 is 1.46 bits per heavy atom. The van der Waals surface area contributed by atoms with Crippen LogP contribution < -0.4 is 4.89 Å². The molecule has 0 fully saturated rings. The fourth-order valence-electron chi connectivity index (χ4n) is 5.25. The Kier molecular flexibility index (Phi) is 39.6. The number of aliphatic hydroxyl groups excluding tert-OH is 1. The van der Waals surface area contributed by atoms with E-state index >= 15 is 0 Å². The van der Waals surface area contributed by atoms with Crippen molar-refractivity contribution >= 4 is 19.8 Å². The summed E-state index contributed by atoms with van der Waals surface area (Å²) < 4.78 is 33.7. The van der Waals surface area contributed by atoms with Crippen molar-refractivity contribution in [1.82, 2.24) is 0 Å². The average Bonchev–Trinajstić information content (AvgIpc) is 3.21. The molecule has 0 rings (SSSR count). The maximum absolute atomic E-state index is 12.7. The van der Waals surface area contributed by atoms with Crippen LogP contribution in [0, 0.1) is 0 Å². The van der Waals surface area contributed by atoms with Gasteiger partial charge in [0.05, 0.1) is 27.7 Å². The third kappa shape index (κ3) is 46.0. The first kappa shape index (κ1) is 57.6. The normalized spacial score (nSPS) is 14.5. The first-order valence-electron chi connectivity index (χ1n) is 22.7. The molecule has 0 aromatic rings. The molecule has 0 aromatic carbocycles. The summed E-state index contributed by atoms with van der Waals surface area (Å²) in [5.41, 5.74) is 0. The number of carbonyl (C=O) groups is 2. The van der Waals surface area contributed by atoms with Gasteiger partial charge in [0.1, 0.15) is 19.8 Å². The number of allylic oxidation sites excluding steroid dienone is 18. The second-order valence-corrected chi connectivity index (χ2v) is 17.2. The predicted molar refractivity (Wildman–Crippen MR) is 251 cm³/mol. The summed E-state index contributed by atoms with van der Waals surface area (Å²) in [5, 5.41) is 8.80. The molecule has 11 heteroatoms. The molecule has 1 unspecified atom stereocenters. The van der Waals surface area contributed by atoms with Crippen LogP contribution >= 0.6 is 7.82 Å². The third-order valence-electron chi connectivity index (χ3n) is 8.83. The highest BCUT2D eigenvalue weighted by molar-refractivity contribution is 7.45. The molecule has 2 atom stereocenters. The Hall–Kier alpha value is -3.37. The van der Waals surface area contributed by atoms with Gasteiger partial charge in [-0.2, -0.15) is 0 Å². The molecule has 0 aliphatic rings. The quantitative estimate of drug-likeness (QED) is 0.0210. The number of esters is 2. The molecule has 0 aliphatic carbocycles. The van der Waals surface area contributed by atoms with Crippen LogP contribution in [0.1, 0.15) is 135 Å². The fourth-order valence-corrected chi connectivity index (χ4v) is 5.98. The van der Waals surface area contributed by atoms with E-state index in [4.69, 9.17) is 23.6 Å². The van der Waals surface area contributed by atoms with Gasteiger partial charge in [0.25, 0.3) is 7.82 Å². The number of aliphatic hydroxyl groups is 1. The smallest absolute Gasteiger partial charge is 0.306 e. The molecule has 0 aliphatic heterocycles. The zero-order valence-corrected chi connectivity index (χ0v) is 39.1. The van der Waals surface area contributed by atoms with Gasteiger partial charge in [-0.1, -0.05) is 136 Å². The van der Waals surface area contributed by atoms with Crippen molar-refractivity contribution < 1.29 is 47.2 Å². The van der Waals surface area contributed by atoms with E-state index in [-0.39, 0.29) is 32.7 Å². The van der Waals surface area contributed by atoms with Crippen molar-refractivity contribution in [2.75, 3.05) is 54.1 Å². The molecule has 0 heterocycles. The van der Waals surface area contributed by atoms with Gasteiger partial charge in [0.2, 0.25) is 0 Å². The predicted octanol–water partition coefficient (Wildman–Crippen LogP) is 11.5. The molecular formula is C50H82NO9P. The van der Waals surface area contributed by atoms with Gasteiger partial charge < -0.3 is 33.0 Å². The Morgan fingerprint density at radius 2 is 1.00 bits per heavy atom. The van der Waals surface area contributed by atoms with Crippen molar-refractivity contribution in [3.63, 3.8) is 0 Å². The van der Waals surface area contributed by atoms with E-state index in [9.17, 15) is 19.0 Å². The number of phosphoric ester groups is 1. The summed E-state index contributed by atoms with van der Waals surface area (Å²) in [4.78, 5) is 37.5. The van der Waals surface area contributed by atoms with Gasteiger partial charge in [-0.05, 0) is 96.3 Å². The number of nitrogens with zero attached hydrogens (tertiary/aromatic N) is 1. The third-order valence-corrected chi connectivity index (χ3v) is 9.80. The van der Waals surface area contributed by atoms with Gasteiger partial charge in [0.15, 0.2) is 6.10 Å². The number of ether oxygens (including phenoxy) is 2. The molecule has 0 saturated carbocycles. The second kappa shape index (κ2) is 42.0. The average molecular weight is 872 g/mol. The summed E-state index contributed by atoms with van der Waals surface area (Å²) in [7, 11) is 1.06. The topological polar surface area (TPSA) is 131 Å². The number of likely N-dealkylation sites (N-methyl/N-ethyl adjacent to an activating group) is 1. The number of rotatable bonds is 40. The van der Waals surface area contributed by atoms with Gasteiger partial charge in [-0.3, -0.25) is 14.2 Å². The standard InChI is InChI=1S/C50H82NO9P/c1-5-6-7-8-9-10-11-12-13-14-15-17-20-23-26-29-32-35-38-41-49(53)57-46-48(47-59-61(55,56)58-45-43-51(2,3)4)60-50(54)42-39-36-33-30-27-24-21-18-16-19-22-25-28-31-34-37-40-44-52/h9-10,12-13,15-17,19,21,23-26,28,30,32-33,35,48,52H,5-8,11,14,18,20,22,27,29,31,34,36-47H2,1-4H3/b10-9-,13-12-,17-15-,19-16-,24-21-,26-23-,28-25-,33-30-,35-32-/t48-/m1/s1. The van der Waals surface area contributed by atoms with E-state index in [1.165, 1.54) is 25.7 Å². The molecule has 1 N–H and O–H groups in total. The number of hydrogen-bond donors (Lipinski definition) is 1. The molecule has 0 amide bonds. The summed E-state index contributed by atoms with van der Waals surface area (Å²) >= 11 is 0. The fraction of sp³-hybridized carbons (Fsp3) is 0.600. The zero-order chi connectivity index (χ0) is 45.0. The van der Waals surface area contributed by atoms with Crippen LogP contribution in [0.4, 0.5) is 0 Å². The highest BCUT2D eigenvalue weighted by Crippen LogP contribution is 2.38. The van der Waals surface area contributed by atoms with Crippen LogP contribution in [0.5, 0.6) is 0 Å². The lowest BCUT2D eigenvalue weighted by Crippen LogP contribution is -2.37. The highest BCUT2D eigenvalue weighted by Gasteiger charge is 2.21. The minimum atomic E-state index is -4.67. The number of unbranched alkanes of at least 4 members (excludes halogenated alkanes) is 7. The van der Waals surface area contributed by atoms with Gasteiger partial charge in [0, 0.05) is 19.4 Å². The summed E-state index contributed by atoms with van der Waals surface area (Å²) in [6.07, 6.45) is 54.4. The number of hydrogen-bond acceptors (Lipinski definition) is 9. The lowest BCUT2D eigenvalue weighted by molar-refractivity contribution is -0.870. The van der Waals surface area contributed by atoms with Crippen LogP contribution in [-0.4, -0.2) is 81.7 Å². The highest BCUT2D eigenvalue weighted by atomic mass is 31.2. The molecule has 10 nitrogen and oxygen atoms in total. The molecule has 0 aromatic heterocycles. The Morgan fingerprint density at radius 1 is 0.557 bits per heavy atom. The maximum atomic E-state index is 12.7. The number of quaternary nitrogens is 1. The van der Waals surface area contributed by atoms with Crippen LogP contribution in [0.15, 0.2) is 109 Å². The Balaban J connectivity index is 4.58. The van der Waals surface area contributed by atoms with Crippen molar-refractivity contribution in [3.8, 4) is 0 Å².